The van der Waals surface area contributed by atoms with Gasteiger partial charge in [0.15, 0.2) is 5.69 Å². The Morgan fingerprint density at radius 2 is 2.05 bits per heavy atom. The molecule has 0 aliphatic heterocycles. The zero-order valence-electron chi connectivity index (χ0n) is 12.5. The molecule has 0 bridgehead atoms. The number of rotatable bonds is 5. The fraction of sp³-hybridized carbons (Fsp3) is 0.438. The van der Waals surface area contributed by atoms with Crippen LogP contribution in [0.5, 0.6) is 0 Å². The van der Waals surface area contributed by atoms with Gasteiger partial charge < -0.3 is 11.1 Å². The molecule has 1 atom stereocenters. The van der Waals surface area contributed by atoms with Crippen molar-refractivity contribution in [2.45, 2.75) is 31.7 Å². The van der Waals surface area contributed by atoms with E-state index in [1.807, 2.05) is 30.3 Å². The Morgan fingerprint density at radius 3 is 2.73 bits per heavy atom. The summed E-state index contributed by atoms with van der Waals surface area (Å²) in [6.45, 7) is 0.462. The highest BCUT2D eigenvalue weighted by Crippen LogP contribution is 2.27. The number of carbonyl (C=O) groups excluding carboxylic acids is 1. The lowest BCUT2D eigenvalue weighted by Gasteiger charge is -2.22. The van der Waals surface area contributed by atoms with E-state index in [-0.39, 0.29) is 11.9 Å². The topological polar surface area (TPSA) is 85.8 Å². The van der Waals surface area contributed by atoms with Crippen LogP contribution in [0.1, 0.15) is 36.2 Å². The Morgan fingerprint density at radius 1 is 1.32 bits per heavy atom. The van der Waals surface area contributed by atoms with Gasteiger partial charge in [0, 0.05) is 12.6 Å². The summed E-state index contributed by atoms with van der Waals surface area (Å²) in [4.78, 5) is 13.8. The molecule has 1 unspecified atom stereocenters. The van der Waals surface area contributed by atoms with Crippen molar-refractivity contribution in [2.24, 2.45) is 11.7 Å². The van der Waals surface area contributed by atoms with Crippen LogP contribution in [0.4, 0.5) is 0 Å². The van der Waals surface area contributed by atoms with Crippen LogP contribution in [0, 0.1) is 5.92 Å². The molecule has 3 rings (SSSR count). The van der Waals surface area contributed by atoms with Crippen molar-refractivity contribution in [3.63, 3.8) is 0 Å². The van der Waals surface area contributed by atoms with Crippen LogP contribution < -0.4 is 11.1 Å². The van der Waals surface area contributed by atoms with Crippen molar-refractivity contribution in [1.82, 2.24) is 20.3 Å². The fourth-order valence-electron chi connectivity index (χ4n) is 3.02. The van der Waals surface area contributed by atoms with Gasteiger partial charge in [-0.1, -0.05) is 31.0 Å². The Hall–Kier alpha value is -2.21. The zero-order valence-corrected chi connectivity index (χ0v) is 12.5. The van der Waals surface area contributed by atoms with Gasteiger partial charge >= 0.3 is 0 Å². The second-order valence-electron chi connectivity index (χ2n) is 5.71. The molecule has 1 aliphatic carbocycles. The van der Waals surface area contributed by atoms with E-state index in [1.54, 1.807) is 0 Å². The van der Waals surface area contributed by atoms with E-state index >= 15 is 0 Å². The highest BCUT2D eigenvalue weighted by atomic mass is 16.2. The number of hydrogen-bond acceptors (Lipinski definition) is 4. The maximum atomic E-state index is 12.3. The van der Waals surface area contributed by atoms with E-state index in [1.165, 1.54) is 23.8 Å². The molecular formula is C16H21N5O. The third-order valence-corrected chi connectivity index (χ3v) is 4.25. The molecule has 6 heteroatoms. The maximum Gasteiger partial charge on any atom is 0.273 e. The Kier molecular flexibility index (Phi) is 4.48. The molecule has 1 fully saturated rings. The average molecular weight is 299 g/mol. The minimum absolute atomic E-state index is 0.0249. The van der Waals surface area contributed by atoms with Crippen LogP contribution >= 0.6 is 0 Å². The van der Waals surface area contributed by atoms with Crippen LogP contribution in [-0.2, 0) is 0 Å². The summed E-state index contributed by atoms with van der Waals surface area (Å²) in [5.74, 6) is 0.280. The fourth-order valence-corrected chi connectivity index (χ4v) is 3.02. The van der Waals surface area contributed by atoms with Crippen molar-refractivity contribution in [3.05, 3.63) is 42.2 Å². The highest BCUT2D eigenvalue weighted by molar-refractivity contribution is 5.92. The van der Waals surface area contributed by atoms with Gasteiger partial charge in [0.05, 0.1) is 11.9 Å². The van der Waals surface area contributed by atoms with Crippen molar-refractivity contribution >= 4 is 5.91 Å². The van der Waals surface area contributed by atoms with Gasteiger partial charge in [-0.05, 0) is 30.9 Å². The smallest absolute Gasteiger partial charge is 0.273 e. The Bertz CT molecular complexity index is 618. The minimum Gasteiger partial charge on any atom is -0.346 e. The first-order chi connectivity index (χ1) is 10.8. The first-order valence-electron chi connectivity index (χ1n) is 7.76. The normalized spacial score (nSPS) is 16.6. The number of benzene rings is 1. The lowest BCUT2D eigenvalue weighted by atomic mass is 9.98. The van der Waals surface area contributed by atoms with Gasteiger partial charge in [-0.25, -0.2) is 0 Å². The van der Waals surface area contributed by atoms with Gasteiger partial charge in [-0.3, -0.25) is 4.79 Å². The van der Waals surface area contributed by atoms with E-state index in [2.05, 4.69) is 15.5 Å². The maximum absolute atomic E-state index is 12.3. The minimum atomic E-state index is -0.204. The molecule has 0 radical (unpaired) electrons. The van der Waals surface area contributed by atoms with Crippen molar-refractivity contribution in [3.8, 4) is 5.69 Å². The summed E-state index contributed by atoms with van der Waals surface area (Å²) in [5, 5.41) is 11.4. The second-order valence-corrected chi connectivity index (χ2v) is 5.71. The number of amides is 1. The summed E-state index contributed by atoms with van der Waals surface area (Å²) in [7, 11) is 0. The molecule has 0 spiro atoms. The van der Waals surface area contributed by atoms with Crippen LogP contribution in [0.2, 0.25) is 0 Å². The summed E-state index contributed by atoms with van der Waals surface area (Å²) < 4.78 is 0. The van der Waals surface area contributed by atoms with Crippen molar-refractivity contribution < 1.29 is 4.79 Å². The predicted octanol–water partition coefficient (Wildman–Crippen LogP) is 1.51. The number of nitrogens with two attached hydrogens (primary N) is 1. The van der Waals surface area contributed by atoms with Gasteiger partial charge in [-0.2, -0.15) is 9.90 Å². The quantitative estimate of drug-likeness (QED) is 0.876. The first-order valence-corrected chi connectivity index (χ1v) is 7.76. The van der Waals surface area contributed by atoms with Crippen LogP contribution in [-0.4, -0.2) is 33.5 Å². The highest BCUT2D eigenvalue weighted by Gasteiger charge is 2.26. The SMILES string of the molecule is NCC(NC(=O)c1cnn(-c2ccccc2)n1)C1CCCC1. The second kappa shape index (κ2) is 6.70. The number of nitrogens with zero attached hydrogens (tertiary/aromatic N) is 3. The van der Waals surface area contributed by atoms with E-state index in [9.17, 15) is 4.79 Å². The molecule has 1 saturated carbocycles. The predicted molar refractivity (Wildman–Crippen MR) is 83.6 cm³/mol. The number of hydrogen-bond donors (Lipinski definition) is 2. The van der Waals surface area contributed by atoms with Gasteiger partial charge in [0.2, 0.25) is 0 Å². The number of nitrogens with one attached hydrogen (secondary N) is 1. The summed E-state index contributed by atoms with van der Waals surface area (Å²) >= 11 is 0. The standard InChI is InChI=1S/C16H21N5O/c17-10-14(12-6-4-5-7-12)19-16(22)15-11-18-21(20-15)13-8-2-1-3-9-13/h1-3,8-9,11-12,14H,4-7,10,17H2,(H,19,22). The van der Waals surface area contributed by atoms with E-state index in [4.69, 9.17) is 5.73 Å². The number of aromatic nitrogens is 3. The molecule has 1 amide bonds. The van der Waals surface area contributed by atoms with Crippen LogP contribution in [0.3, 0.4) is 0 Å². The molecule has 6 nitrogen and oxygen atoms in total. The zero-order chi connectivity index (χ0) is 15.4. The molecule has 1 aromatic heterocycles. The lowest BCUT2D eigenvalue weighted by Crippen LogP contribution is -2.44. The summed E-state index contributed by atoms with van der Waals surface area (Å²) in [6.07, 6.45) is 6.21. The molecular weight excluding hydrogens is 278 g/mol. The molecule has 1 aliphatic rings. The average Bonchev–Trinajstić information content (AvgIpc) is 3.24. The van der Waals surface area contributed by atoms with Gasteiger partial charge in [0.1, 0.15) is 0 Å². The number of carbonyl (C=O) groups is 1. The molecule has 1 aromatic carbocycles. The largest absolute Gasteiger partial charge is 0.346 e. The van der Waals surface area contributed by atoms with E-state index in [0.717, 1.165) is 18.5 Å². The van der Waals surface area contributed by atoms with Gasteiger partial charge in [-0.15, -0.1) is 5.10 Å². The molecule has 3 N–H and O–H groups in total. The Labute approximate surface area is 129 Å². The van der Waals surface area contributed by atoms with Gasteiger partial charge in [0.25, 0.3) is 5.91 Å². The van der Waals surface area contributed by atoms with Crippen LogP contribution in [0.25, 0.3) is 5.69 Å². The molecule has 0 saturated heterocycles. The molecule has 22 heavy (non-hydrogen) atoms. The monoisotopic (exact) mass is 299 g/mol. The first kappa shape index (κ1) is 14.7. The van der Waals surface area contributed by atoms with Crippen molar-refractivity contribution in [2.75, 3.05) is 6.54 Å². The van der Waals surface area contributed by atoms with E-state index < -0.39 is 0 Å². The summed E-state index contributed by atoms with van der Waals surface area (Å²) in [5.41, 5.74) is 6.97. The Balaban J connectivity index is 1.68. The van der Waals surface area contributed by atoms with Crippen LogP contribution in [0.15, 0.2) is 36.5 Å². The number of para-hydroxylation sites is 1. The van der Waals surface area contributed by atoms with E-state index in [0.29, 0.717) is 18.2 Å². The third kappa shape index (κ3) is 3.17. The summed E-state index contributed by atoms with van der Waals surface area (Å²) in [6, 6.07) is 9.54. The molecule has 1 heterocycles. The molecule has 116 valence electrons. The van der Waals surface area contributed by atoms with Crippen molar-refractivity contribution in [1.29, 1.82) is 0 Å². The third-order valence-electron chi connectivity index (χ3n) is 4.25. The lowest BCUT2D eigenvalue weighted by molar-refractivity contribution is 0.0918. The molecule has 2 aromatic rings.